The van der Waals surface area contributed by atoms with E-state index in [4.69, 9.17) is 0 Å². The van der Waals surface area contributed by atoms with Gasteiger partial charge in [-0.05, 0) is 47.9 Å². The molecule has 1 nitrogen and oxygen atoms in total. The smallest absolute Gasteiger partial charge is 0.0216 e. The van der Waals surface area contributed by atoms with Gasteiger partial charge >= 0.3 is 0 Å². The van der Waals surface area contributed by atoms with Gasteiger partial charge in [-0.1, -0.05) is 0 Å². The van der Waals surface area contributed by atoms with Crippen LogP contribution in [-0.4, -0.2) is 17.5 Å². The van der Waals surface area contributed by atoms with Crippen molar-refractivity contribution in [2.24, 2.45) is 0 Å². The molecular weight excluding hydrogens is 210 g/mol. The first-order valence-corrected chi connectivity index (χ1v) is 7.39. The average Bonchev–Trinajstić information content (AvgIpc) is 2.86. The summed E-state index contributed by atoms with van der Waals surface area (Å²) in [7, 11) is 0. The molecule has 14 heavy (non-hydrogen) atoms. The van der Waals surface area contributed by atoms with Crippen molar-refractivity contribution < 1.29 is 0 Å². The van der Waals surface area contributed by atoms with E-state index in [0.717, 1.165) is 17.8 Å². The monoisotopic (exact) mass is 227 g/mol. The third-order valence-corrected chi connectivity index (χ3v) is 4.72. The third-order valence-electron chi connectivity index (χ3n) is 2.89. The van der Waals surface area contributed by atoms with Crippen LogP contribution in [0.25, 0.3) is 0 Å². The molecule has 1 aliphatic rings. The van der Waals surface area contributed by atoms with Crippen LogP contribution in [0.2, 0.25) is 0 Å². The van der Waals surface area contributed by atoms with Crippen LogP contribution < -0.4 is 5.32 Å². The molecule has 1 fully saturated rings. The van der Waals surface area contributed by atoms with Gasteiger partial charge in [-0.2, -0.15) is 23.1 Å². The van der Waals surface area contributed by atoms with Gasteiger partial charge in [0.05, 0.1) is 0 Å². The highest BCUT2D eigenvalue weighted by atomic mass is 32.2. The molecule has 2 rings (SSSR count). The Morgan fingerprint density at radius 1 is 1.57 bits per heavy atom. The molecule has 0 aromatic carbocycles. The zero-order valence-electron chi connectivity index (χ0n) is 8.53. The average molecular weight is 227 g/mol. The second-order valence-corrected chi connectivity index (χ2v) is 5.80. The van der Waals surface area contributed by atoms with Crippen LogP contribution in [0.1, 0.15) is 24.8 Å². The summed E-state index contributed by atoms with van der Waals surface area (Å²) in [6, 6.07) is 2.96. The van der Waals surface area contributed by atoms with Gasteiger partial charge in [0.25, 0.3) is 0 Å². The minimum atomic E-state index is 0.757. The number of thioether (sulfide) groups is 1. The van der Waals surface area contributed by atoms with Gasteiger partial charge in [0.1, 0.15) is 0 Å². The van der Waals surface area contributed by atoms with Crippen LogP contribution in [0.3, 0.4) is 0 Å². The van der Waals surface area contributed by atoms with E-state index >= 15 is 0 Å². The van der Waals surface area contributed by atoms with Crippen molar-refractivity contribution in [3.63, 3.8) is 0 Å². The van der Waals surface area contributed by atoms with Crippen LogP contribution in [0.15, 0.2) is 16.8 Å². The minimum Gasteiger partial charge on any atom is -0.310 e. The van der Waals surface area contributed by atoms with Crippen molar-refractivity contribution in [1.29, 1.82) is 0 Å². The molecule has 0 radical (unpaired) electrons. The Labute approximate surface area is 94.3 Å². The van der Waals surface area contributed by atoms with E-state index in [9.17, 15) is 0 Å². The van der Waals surface area contributed by atoms with Crippen molar-refractivity contribution in [2.45, 2.75) is 37.1 Å². The second-order valence-electron chi connectivity index (χ2n) is 3.88. The molecule has 1 N–H and O–H groups in total. The molecule has 0 saturated heterocycles. The fraction of sp³-hybridized carbons (Fsp3) is 0.636. The first-order chi connectivity index (χ1) is 6.88. The number of rotatable bonds is 4. The number of thiophene rings is 1. The van der Waals surface area contributed by atoms with Gasteiger partial charge in [-0.15, -0.1) is 0 Å². The van der Waals surface area contributed by atoms with Gasteiger partial charge in [-0.25, -0.2) is 0 Å². The molecule has 0 aliphatic heterocycles. The Hall–Kier alpha value is 0.01000. The molecule has 1 heterocycles. The van der Waals surface area contributed by atoms with Crippen molar-refractivity contribution in [1.82, 2.24) is 5.32 Å². The fourth-order valence-corrected chi connectivity index (χ4v) is 3.46. The molecule has 2 atom stereocenters. The van der Waals surface area contributed by atoms with Crippen LogP contribution in [0, 0.1) is 0 Å². The van der Waals surface area contributed by atoms with Gasteiger partial charge in [0, 0.05) is 17.8 Å². The molecule has 1 saturated carbocycles. The van der Waals surface area contributed by atoms with E-state index in [-0.39, 0.29) is 0 Å². The van der Waals surface area contributed by atoms with E-state index in [1.165, 1.54) is 24.8 Å². The summed E-state index contributed by atoms with van der Waals surface area (Å²) < 4.78 is 0. The van der Waals surface area contributed by atoms with Crippen molar-refractivity contribution >= 4 is 23.1 Å². The lowest BCUT2D eigenvalue weighted by Crippen LogP contribution is -2.25. The molecular formula is C11H17NS2. The predicted octanol–water partition coefficient (Wildman–Crippen LogP) is 3.12. The lowest BCUT2D eigenvalue weighted by atomic mass is 10.2. The Balaban J connectivity index is 1.72. The quantitative estimate of drug-likeness (QED) is 0.848. The Kier molecular flexibility index (Phi) is 3.90. The molecule has 1 aromatic rings. The largest absolute Gasteiger partial charge is 0.310 e. The maximum absolute atomic E-state index is 3.64. The zero-order chi connectivity index (χ0) is 9.80. The van der Waals surface area contributed by atoms with Gasteiger partial charge in [0.15, 0.2) is 0 Å². The highest BCUT2D eigenvalue weighted by Gasteiger charge is 2.22. The lowest BCUT2D eigenvalue weighted by Gasteiger charge is -2.11. The van der Waals surface area contributed by atoms with Crippen LogP contribution in [0.4, 0.5) is 0 Å². The maximum Gasteiger partial charge on any atom is 0.0216 e. The zero-order valence-corrected chi connectivity index (χ0v) is 10.2. The van der Waals surface area contributed by atoms with E-state index in [1.807, 2.05) is 11.8 Å². The van der Waals surface area contributed by atoms with E-state index in [2.05, 4.69) is 28.4 Å². The summed E-state index contributed by atoms with van der Waals surface area (Å²) in [5.41, 5.74) is 1.43. The molecule has 2 unspecified atom stereocenters. The molecule has 1 aliphatic carbocycles. The Morgan fingerprint density at radius 2 is 2.50 bits per heavy atom. The van der Waals surface area contributed by atoms with Crippen molar-refractivity contribution in [3.05, 3.63) is 22.4 Å². The molecule has 0 amide bonds. The van der Waals surface area contributed by atoms with E-state index < -0.39 is 0 Å². The third kappa shape index (κ3) is 2.75. The highest BCUT2D eigenvalue weighted by Crippen LogP contribution is 2.28. The summed E-state index contributed by atoms with van der Waals surface area (Å²) >= 11 is 3.80. The topological polar surface area (TPSA) is 12.0 Å². The van der Waals surface area contributed by atoms with Crippen LogP contribution >= 0.6 is 23.1 Å². The minimum absolute atomic E-state index is 0.757. The van der Waals surface area contributed by atoms with E-state index in [0.29, 0.717) is 0 Å². The molecule has 3 heteroatoms. The normalized spacial score (nSPS) is 26.9. The number of hydrogen-bond acceptors (Lipinski definition) is 3. The second kappa shape index (κ2) is 5.19. The van der Waals surface area contributed by atoms with Crippen molar-refractivity contribution in [2.75, 3.05) is 6.26 Å². The van der Waals surface area contributed by atoms with Gasteiger partial charge in [0.2, 0.25) is 0 Å². The van der Waals surface area contributed by atoms with E-state index in [1.54, 1.807) is 11.3 Å². The standard InChI is InChI=1S/C11H17NS2/c1-13-11-3-2-10(6-11)12-7-9-4-5-14-8-9/h4-5,8,10-12H,2-3,6-7H2,1H3. The first-order valence-electron chi connectivity index (χ1n) is 5.15. The molecule has 0 bridgehead atoms. The summed E-state index contributed by atoms with van der Waals surface area (Å²) in [4.78, 5) is 0. The lowest BCUT2D eigenvalue weighted by molar-refractivity contribution is 0.525. The number of hydrogen-bond donors (Lipinski definition) is 1. The Morgan fingerprint density at radius 3 is 3.14 bits per heavy atom. The van der Waals surface area contributed by atoms with Gasteiger partial charge in [-0.3, -0.25) is 0 Å². The molecule has 78 valence electrons. The van der Waals surface area contributed by atoms with Crippen LogP contribution in [-0.2, 0) is 6.54 Å². The number of nitrogens with one attached hydrogen (secondary N) is 1. The van der Waals surface area contributed by atoms with Crippen LogP contribution in [0.5, 0.6) is 0 Å². The molecule has 1 aromatic heterocycles. The van der Waals surface area contributed by atoms with Crippen molar-refractivity contribution in [3.8, 4) is 0 Å². The fourth-order valence-electron chi connectivity index (χ4n) is 2.00. The summed E-state index contributed by atoms with van der Waals surface area (Å²) in [5, 5.41) is 8.92. The highest BCUT2D eigenvalue weighted by molar-refractivity contribution is 7.99. The summed E-state index contributed by atoms with van der Waals surface area (Å²) in [5.74, 6) is 0. The summed E-state index contributed by atoms with van der Waals surface area (Å²) in [6.45, 7) is 1.05. The SMILES string of the molecule is CSC1CCC(NCc2ccsc2)C1. The molecule has 0 spiro atoms. The Bertz CT molecular complexity index is 258. The maximum atomic E-state index is 3.64. The van der Waals surface area contributed by atoms with Gasteiger partial charge < -0.3 is 5.32 Å². The predicted molar refractivity (Wildman–Crippen MR) is 66.1 cm³/mol. The summed E-state index contributed by atoms with van der Waals surface area (Å²) in [6.07, 6.45) is 6.33. The first kappa shape index (κ1) is 10.5.